The SMILES string of the molecule is C1=C2CC(C(Nc3ccc(-c4ccccc4)cc3)=C1)N(c1ccccc1)c1ccccc12. The molecule has 2 aliphatic rings. The summed E-state index contributed by atoms with van der Waals surface area (Å²) in [5.74, 6) is 0. The summed E-state index contributed by atoms with van der Waals surface area (Å²) in [4.78, 5) is 2.48. The standard InChI is InChI=1S/C30H24N2/c1-3-9-22(10-4-1)23-15-18-25(19-16-23)31-28-20-17-24-21-30(28)32(26-11-5-2-6-12-26)29-14-8-7-13-27(24)29/h1-20,30-31H,21H2. The Kier molecular flexibility index (Phi) is 4.62. The molecule has 0 fully saturated rings. The predicted octanol–water partition coefficient (Wildman–Crippen LogP) is 7.66. The molecule has 1 unspecified atom stereocenters. The number of para-hydroxylation sites is 2. The van der Waals surface area contributed by atoms with E-state index in [0.717, 1.165) is 12.1 Å². The number of anilines is 3. The molecule has 1 aliphatic carbocycles. The number of hydrogen-bond donors (Lipinski definition) is 1. The fourth-order valence-corrected chi connectivity index (χ4v) is 4.82. The van der Waals surface area contributed by atoms with Crippen molar-refractivity contribution < 1.29 is 0 Å². The van der Waals surface area contributed by atoms with E-state index in [2.05, 4.69) is 132 Å². The molecule has 0 amide bonds. The van der Waals surface area contributed by atoms with E-state index in [1.165, 1.54) is 39.3 Å². The smallest absolute Gasteiger partial charge is 0.0781 e. The number of benzene rings is 4. The minimum atomic E-state index is 0.237. The molecular formula is C30H24N2. The van der Waals surface area contributed by atoms with Gasteiger partial charge in [0.15, 0.2) is 0 Å². The van der Waals surface area contributed by atoms with Crippen LogP contribution in [0.2, 0.25) is 0 Å². The van der Waals surface area contributed by atoms with E-state index >= 15 is 0 Å². The van der Waals surface area contributed by atoms with Gasteiger partial charge in [-0.25, -0.2) is 0 Å². The number of nitrogens with one attached hydrogen (secondary N) is 1. The van der Waals surface area contributed by atoms with Crippen LogP contribution in [0.1, 0.15) is 12.0 Å². The summed E-state index contributed by atoms with van der Waals surface area (Å²) >= 11 is 0. The summed E-state index contributed by atoms with van der Waals surface area (Å²) in [6.45, 7) is 0. The summed E-state index contributed by atoms with van der Waals surface area (Å²) < 4.78 is 0. The Hall–Kier alpha value is -4.04. The maximum absolute atomic E-state index is 3.72. The minimum Gasteiger partial charge on any atom is -0.357 e. The van der Waals surface area contributed by atoms with E-state index in [0.29, 0.717) is 0 Å². The van der Waals surface area contributed by atoms with Crippen LogP contribution in [0.4, 0.5) is 17.1 Å². The average molecular weight is 413 g/mol. The molecule has 2 heteroatoms. The highest BCUT2D eigenvalue weighted by molar-refractivity contribution is 5.87. The summed E-state index contributed by atoms with van der Waals surface area (Å²) in [6, 6.07) is 38.9. The fourth-order valence-electron chi connectivity index (χ4n) is 4.82. The van der Waals surface area contributed by atoms with Crippen molar-refractivity contribution in [3.05, 3.63) is 133 Å². The maximum Gasteiger partial charge on any atom is 0.0781 e. The Morgan fingerprint density at radius 2 is 1.28 bits per heavy atom. The number of rotatable bonds is 4. The second-order valence-corrected chi connectivity index (χ2v) is 8.32. The first kappa shape index (κ1) is 18.7. The van der Waals surface area contributed by atoms with Crippen LogP contribution in [-0.4, -0.2) is 6.04 Å². The van der Waals surface area contributed by atoms with Crippen molar-refractivity contribution in [2.75, 3.05) is 10.2 Å². The van der Waals surface area contributed by atoms with Crippen molar-refractivity contribution in [2.45, 2.75) is 12.5 Å². The molecule has 0 aromatic heterocycles. The van der Waals surface area contributed by atoms with Crippen LogP contribution in [0.15, 0.2) is 127 Å². The minimum absolute atomic E-state index is 0.237. The van der Waals surface area contributed by atoms with Crippen LogP contribution in [-0.2, 0) is 0 Å². The van der Waals surface area contributed by atoms with Crippen LogP contribution >= 0.6 is 0 Å². The molecule has 0 saturated heterocycles. The molecule has 6 rings (SSSR count). The lowest BCUT2D eigenvalue weighted by molar-refractivity contribution is 0.737. The van der Waals surface area contributed by atoms with Crippen LogP contribution in [0.3, 0.4) is 0 Å². The highest BCUT2D eigenvalue weighted by Crippen LogP contribution is 2.46. The Labute approximate surface area is 189 Å². The monoisotopic (exact) mass is 412 g/mol. The first-order chi connectivity index (χ1) is 15.9. The van der Waals surface area contributed by atoms with E-state index in [1.54, 1.807) is 0 Å². The van der Waals surface area contributed by atoms with Gasteiger partial charge in [-0.3, -0.25) is 0 Å². The molecule has 2 nitrogen and oxygen atoms in total. The van der Waals surface area contributed by atoms with Crippen LogP contribution < -0.4 is 10.2 Å². The van der Waals surface area contributed by atoms with Crippen LogP contribution in [0.25, 0.3) is 16.7 Å². The lowest BCUT2D eigenvalue weighted by Gasteiger charge is -2.43. The van der Waals surface area contributed by atoms with E-state index in [-0.39, 0.29) is 6.04 Å². The largest absolute Gasteiger partial charge is 0.357 e. The quantitative estimate of drug-likeness (QED) is 0.370. The van der Waals surface area contributed by atoms with Gasteiger partial charge in [-0.2, -0.15) is 0 Å². The molecule has 1 atom stereocenters. The van der Waals surface area contributed by atoms with Crippen molar-refractivity contribution in [1.29, 1.82) is 0 Å². The molecule has 1 N–H and O–H groups in total. The van der Waals surface area contributed by atoms with E-state index in [4.69, 9.17) is 0 Å². The zero-order valence-corrected chi connectivity index (χ0v) is 17.8. The third kappa shape index (κ3) is 3.30. The maximum atomic E-state index is 3.72. The second kappa shape index (κ2) is 7.90. The van der Waals surface area contributed by atoms with Gasteiger partial charge in [0.1, 0.15) is 0 Å². The molecule has 4 aromatic rings. The predicted molar refractivity (Wildman–Crippen MR) is 135 cm³/mol. The third-order valence-corrected chi connectivity index (χ3v) is 6.37. The average Bonchev–Trinajstić information content (AvgIpc) is 2.87. The molecule has 0 spiro atoms. The molecule has 2 bridgehead atoms. The molecule has 0 saturated carbocycles. The number of nitrogens with zero attached hydrogens (tertiary/aromatic N) is 1. The van der Waals surface area contributed by atoms with Gasteiger partial charge in [0.2, 0.25) is 0 Å². The zero-order chi connectivity index (χ0) is 21.3. The number of allylic oxidation sites excluding steroid dienone is 2. The Balaban J connectivity index is 1.35. The normalized spacial score (nSPS) is 16.6. The molecule has 32 heavy (non-hydrogen) atoms. The zero-order valence-electron chi connectivity index (χ0n) is 17.8. The van der Waals surface area contributed by atoms with Gasteiger partial charge in [0.05, 0.1) is 6.04 Å². The fraction of sp³-hybridized carbons (Fsp3) is 0.0667. The van der Waals surface area contributed by atoms with Crippen molar-refractivity contribution in [3.8, 4) is 11.1 Å². The van der Waals surface area contributed by atoms with Gasteiger partial charge in [-0.15, -0.1) is 0 Å². The van der Waals surface area contributed by atoms with Crippen molar-refractivity contribution >= 4 is 22.6 Å². The second-order valence-electron chi connectivity index (χ2n) is 8.32. The summed E-state index contributed by atoms with van der Waals surface area (Å²) in [5, 5.41) is 3.72. The van der Waals surface area contributed by atoms with Crippen LogP contribution in [0.5, 0.6) is 0 Å². The molecule has 1 heterocycles. The van der Waals surface area contributed by atoms with Gasteiger partial charge < -0.3 is 10.2 Å². The summed E-state index contributed by atoms with van der Waals surface area (Å²) in [6.07, 6.45) is 5.52. The summed E-state index contributed by atoms with van der Waals surface area (Å²) in [5.41, 5.74) is 10.0. The Morgan fingerprint density at radius 3 is 2.06 bits per heavy atom. The van der Waals surface area contributed by atoms with Gasteiger partial charge in [-0.05, 0) is 59.5 Å². The Bertz CT molecular complexity index is 1300. The van der Waals surface area contributed by atoms with Crippen molar-refractivity contribution in [3.63, 3.8) is 0 Å². The summed E-state index contributed by atoms with van der Waals surface area (Å²) in [7, 11) is 0. The first-order valence-electron chi connectivity index (χ1n) is 11.1. The Morgan fingerprint density at radius 1 is 0.625 bits per heavy atom. The van der Waals surface area contributed by atoms with Gasteiger partial charge in [0.25, 0.3) is 0 Å². The molecule has 0 radical (unpaired) electrons. The van der Waals surface area contributed by atoms with E-state index < -0.39 is 0 Å². The highest BCUT2D eigenvalue weighted by atomic mass is 15.2. The lowest BCUT2D eigenvalue weighted by Crippen LogP contribution is -2.40. The molecular weight excluding hydrogens is 388 g/mol. The topological polar surface area (TPSA) is 15.3 Å². The van der Waals surface area contributed by atoms with E-state index in [1.807, 2.05) is 0 Å². The van der Waals surface area contributed by atoms with Crippen LogP contribution in [0, 0.1) is 0 Å². The van der Waals surface area contributed by atoms with Gasteiger partial charge in [-0.1, -0.05) is 84.9 Å². The first-order valence-corrected chi connectivity index (χ1v) is 11.1. The molecule has 4 aromatic carbocycles. The van der Waals surface area contributed by atoms with Crippen molar-refractivity contribution in [2.24, 2.45) is 0 Å². The highest BCUT2D eigenvalue weighted by Gasteiger charge is 2.34. The molecule has 1 aliphatic heterocycles. The molecule has 154 valence electrons. The lowest BCUT2D eigenvalue weighted by atomic mass is 9.85. The van der Waals surface area contributed by atoms with Gasteiger partial charge >= 0.3 is 0 Å². The van der Waals surface area contributed by atoms with Gasteiger partial charge in [0, 0.05) is 28.3 Å². The van der Waals surface area contributed by atoms with Crippen molar-refractivity contribution in [1.82, 2.24) is 0 Å². The van der Waals surface area contributed by atoms with E-state index in [9.17, 15) is 0 Å². The number of hydrogen-bond acceptors (Lipinski definition) is 2. The number of fused-ring (bicyclic) bond motifs is 4. The third-order valence-electron chi connectivity index (χ3n) is 6.37.